The molecule has 60 valence electrons. The zero-order valence-corrected chi connectivity index (χ0v) is 6.53. The minimum atomic E-state index is -1.11. The third kappa shape index (κ3) is 4.48. The standard InChI is InChI=1S/C8H14F2/c1-3-5-8(10)6-7(9)4-2/h6-7H,3-5H2,1-2H3/b8-6+. The van der Waals surface area contributed by atoms with Crippen LogP contribution in [0.2, 0.25) is 0 Å². The molecule has 0 aliphatic heterocycles. The molecular weight excluding hydrogens is 134 g/mol. The number of hydrogen-bond donors (Lipinski definition) is 0. The third-order valence-corrected chi connectivity index (χ3v) is 1.24. The first-order chi connectivity index (χ1) is 4.70. The van der Waals surface area contributed by atoms with Crippen molar-refractivity contribution in [2.24, 2.45) is 0 Å². The molecule has 0 aliphatic carbocycles. The lowest BCUT2D eigenvalue weighted by Gasteiger charge is -1.97. The third-order valence-electron chi connectivity index (χ3n) is 1.24. The lowest BCUT2D eigenvalue weighted by molar-refractivity contribution is 0.381. The van der Waals surface area contributed by atoms with E-state index in [1.165, 1.54) is 0 Å². The predicted molar refractivity (Wildman–Crippen MR) is 39.3 cm³/mol. The molecule has 0 amide bonds. The molecule has 0 spiro atoms. The van der Waals surface area contributed by atoms with Crippen molar-refractivity contribution in [3.8, 4) is 0 Å². The number of hydrogen-bond acceptors (Lipinski definition) is 0. The van der Waals surface area contributed by atoms with Crippen molar-refractivity contribution in [3.05, 3.63) is 11.9 Å². The van der Waals surface area contributed by atoms with Gasteiger partial charge in [0.2, 0.25) is 0 Å². The van der Waals surface area contributed by atoms with Gasteiger partial charge in [-0.15, -0.1) is 0 Å². The molecule has 0 N–H and O–H groups in total. The van der Waals surface area contributed by atoms with Crippen molar-refractivity contribution in [3.63, 3.8) is 0 Å². The molecule has 1 atom stereocenters. The van der Waals surface area contributed by atoms with Crippen molar-refractivity contribution in [1.82, 2.24) is 0 Å². The van der Waals surface area contributed by atoms with Crippen LogP contribution in [0.5, 0.6) is 0 Å². The SMILES string of the molecule is CCC/C(F)=C\C(F)CC. The first kappa shape index (κ1) is 9.60. The van der Waals surface area contributed by atoms with E-state index < -0.39 is 6.17 Å². The number of alkyl halides is 1. The van der Waals surface area contributed by atoms with Crippen LogP contribution >= 0.6 is 0 Å². The van der Waals surface area contributed by atoms with Gasteiger partial charge in [0.25, 0.3) is 0 Å². The summed E-state index contributed by atoms with van der Waals surface area (Å²) in [7, 11) is 0. The van der Waals surface area contributed by atoms with E-state index in [9.17, 15) is 8.78 Å². The summed E-state index contributed by atoms with van der Waals surface area (Å²) in [5.41, 5.74) is 0. The molecule has 1 unspecified atom stereocenters. The van der Waals surface area contributed by atoms with Gasteiger partial charge in [-0.2, -0.15) is 0 Å². The van der Waals surface area contributed by atoms with Gasteiger partial charge in [0, 0.05) is 0 Å². The second-order valence-electron chi connectivity index (χ2n) is 2.29. The maximum Gasteiger partial charge on any atom is 0.121 e. The van der Waals surface area contributed by atoms with Crippen molar-refractivity contribution < 1.29 is 8.78 Å². The van der Waals surface area contributed by atoms with Gasteiger partial charge in [-0.3, -0.25) is 0 Å². The van der Waals surface area contributed by atoms with Crippen LogP contribution < -0.4 is 0 Å². The van der Waals surface area contributed by atoms with Crippen LogP contribution in [0.1, 0.15) is 33.1 Å². The number of rotatable bonds is 4. The van der Waals surface area contributed by atoms with E-state index in [-0.39, 0.29) is 5.83 Å². The Kier molecular flexibility index (Phi) is 5.17. The van der Waals surface area contributed by atoms with Gasteiger partial charge in [0.05, 0.1) is 5.83 Å². The molecule has 0 heterocycles. The Hall–Kier alpha value is -0.400. The average Bonchev–Trinajstić information content (AvgIpc) is 1.88. The van der Waals surface area contributed by atoms with Crippen LogP contribution in [-0.4, -0.2) is 6.17 Å². The fraction of sp³-hybridized carbons (Fsp3) is 0.750. The van der Waals surface area contributed by atoms with E-state index in [0.717, 1.165) is 12.5 Å². The van der Waals surface area contributed by atoms with E-state index in [1.807, 2.05) is 6.92 Å². The molecule has 0 aliphatic rings. The molecule has 0 radical (unpaired) electrons. The Morgan fingerprint density at radius 2 is 2.10 bits per heavy atom. The Balaban J connectivity index is 3.65. The lowest BCUT2D eigenvalue weighted by Crippen LogP contribution is -1.92. The van der Waals surface area contributed by atoms with Gasteiger partial charge in [-0.1, -0.05) is 13.8 Å². The summed E-state index contributed by atoms with van der Waals surface area (Å²) in [6.45, 7) is 3.56. The van der Waals surface area contributed by atoms with Crippen molar-refractivity contribution in [2.45, 2.75) is 39.3 Å². The van der Waals surface area contributed by atoms with Gasteiger partial charge < -0.3 is 0 Å². The molecule has 0 saturated carbocycles. The first-order valence-corrected chi connectivity index (χ1v) is 3.71. The van der Waals surface area contributed by atoms with Crippen LogP contribution in [0.15, 0.2) is 11.9 Å². The molecule has 0 aromatic carbocycles. The normalized spacial score (nSPS) is 15.4. The molecule has 2 heteroatoms. The van der Waals surface area contributed by atoms with Crippen molar-refractivity contribution in [1.29, 1.82) is 0 Å². The molecule has 0 rings (SSSR count). The molecule has 0 saturated heterocycles. The van der Waals surface area contributed by atoms with E-state index in [1.54, 1.807) is 6.92 Å². The van der Waals surface area contributed by atoms with Crippen molar-refractivity contribution >= 4 is 0 Å². The maximum absolute atomic E-state index is 12.5. The Labute approximate surface area is 60.9 Å². The summed E-state index contributed by atoms with van der Waals surface area (Å²) in [5.74, 6) is -0.322. The fourth-order valence-corrected chi connectivity index (χ4v) is 0.636. The highest BCUT2D eigenvalue weighted by Crippen LogP contribution is 2.10. The summed E-state index contributed by atoms with van der Waals surface area (Å²) in [6, 6.07) is 0. The topological polar surface area (TPSA) is 0 Å². The highest BCUT2D eigenvalue weighted by Gasteiger charge is 2.00. The number of halogens is 2. The first-order valence-electron chi connectivity index (χ1n) is 3.71. The quantitative estimate of drug-likeness (QED) is 0.573. The summed E-state index contributed by atoms with van der Waals surface area (Å²) in [6.07, 6.45) is 1.41. The Morgan fingerprint density at radius 1 is 1.50 bits per heavy atom. The Bertz CT molecular complexity index is 108. The maximum atomic E-state index is 12.5. The smallest absolute Gasteiger partial charge is 0.121 e. The van der Waals surface area contributed by atoms with E-state index in [4.69, 9.17) is 0 Å². The average molecular weight is 148 g/mol. The number of allylic oxidation sites excluding steroid dienone is 2. The van der Waals surface area contributed by atoms with Crippen LogP contribution in [0.4, 0.5) is 8.78 Å². The lowest BCUT2D eigenvalue weighted by atomic mass is 10.2. The molecule has 0 nitrogen and oxygen atoms in total. The Morgan fingerprint density at radius 3 is 2.50 bits per heavy atom. The zero-order chi connectivity index (χ0) is 7.98. The fourth-order valence-electron chi connectivity index (χ4n) is 0.636. The van der Waals surface area contributed by atoms with Gasteiger partial charge in [-0.05, 0) is 25.3 Å². The van der Waals surface area contributed by atoms with E-state index >= 15 is 0 Å². The second kappa shape index (κ2) is 5.39. The molecule has 0 fully saturated rings. The second-order valence-corrected chi connectivity index (χ2v) is 2.29. The minimum absolute atomic E-state index is 0.322. The predicted octanol–water partition coefficient (Wildman–Crippen LogP) is 3.39. The molecule has 0 aromatic heterocycles. The zero-order valence-electron chi connectivity index (χ0n) is 6.53. The van der Waals surface area contributed by atoms with Crippen LogP contribution in [0.3, 0.4) is 0 Å². The van der Waals surface area contributed by atoms with Gasteiger partial charge in [0.1, 0.15) is 6.17 Å². The van der Waals surface area contributed by atoms with E-state index in [2.05, 4.69) is 0 Å². The van der Waals surface area contributed by atoms with Crippen molar-refractivity contribution in [2.75, 3.05) is 0 Å². The minimum Gasteiger partial charge on any atom is -0.243 e. The monoisotopic (exact) mass is 148 g/mol. The molecule has 0 bridgehead atoms. The van der Waals surface area contributed by atoms with E-state index in [0.29, 0.717) is 12.8 Å². The summed E-state index contributed by atoms with van der Waals surface area (Å²) in [4.78, 5) is 0. The van der Waals surface area contributed by atoms with Gasteiger partial charge >= 0.3 is 0 Å². The summed E-state index contributed by atoms with van der Waals surface area (Å²) < 4.78 is 24.9. The van der Waals surface area contributed by atoms with Gasteiger partial charge in [0.15, 0.2) is 0 Å². The highest BCUT2D eigenvalue weighted by atomic mass is 19.1. The highest BCUT2D eigenvalue weighted by molar-refractivity contribution is 4.95. The van der Waals surface area contributed by atoms with Crippen LogP contribution in [0, 0.1) is 0 Å². The molecule has 10 heavy (non-hydrogen) atoms. The van der Waals surface area contributed by atoms with Crippen LogP contribution in [-0.2, 0) is 0 Å². The largest absolute Gasteiger partial charge is 0.243 e. The molecule has 0 aromatic rings. The molecular formula is C8H14F2. The summed E-state index contributed by atoms with van der Waals surface area (Å²) in [5, 5.41) is 0. The van der Waals surface area contributed by atoms with Gasteiger partial charge in [-0.25, -0.2) is 8.78 Å². The summed E-state index contributed by atoms with van der Waals surface area (Å²) >= 11 is 0. The van der Waals surface area contributed by atoms with Crippen LogP contribution in [0.25, 0.3) is 0 Å².